The number of piperidine rings is 1. The van der Waals surface area contributed by atoms with Gasteiger partial charge in [0.15, 0.2) is 0 Å². The van der Waals surface area contributed by atoms with E-state index in [2.05, 4.69) is 10.1 Å². The number of ether oxygens (including phenoxy) is 1. The molecule has 0 saturated carbocycles. The number of methoxy groups -OCH3 is 1. The molecule has 0 aromatic carbocycles. The van der Waals surface area contributed by atoms with Gasteiger partial charge in [-0.15, -0.1) is 0 Å². The van der Waals surface area contributed by atoms with E-state index in [0.29, 0.717) is 6.54 Å². The lowest BCUT2D eigenvalue weighted by atomic mass is 10.1. The summed E-state index contributed by atoms with van der Waals surface area (Å²) in [6, 6.07) is 0.142. The molecule has 2 N–H and O–H groups in total. The lowest BCUT2D eigenvalue weighted by molar-refractivity contribution is 0.177. The number of hydrogen-bond donors (Lipinski definition) is 2. The van der Waals surface area contributed by atoms with Crippen LogP contribution in [-0.4, -0.2) is 52.1 Å². The predicted octanol–water partition coefficient (Wildman–Crippen LogP) is -0.339. The largest absolute Gasteiger partial charge is 0.452 e. The second kappa shape index (κ2) is 6.18. The number of rotatable bonds is 4. The molecule has 1 fully saturated rings. The van der Waals surface area contributed by atoms with E-state index in [4.69, 9.17) is 0 Å². The topological polar surface area (TPSA) is 87.7 Å². The number of carbonyl (C=O) groups is 1. The van der Waals surface area contributed by atoms with Crippen LogP contribution in [0.2, 0.25) is 0 Å². The van der Waals surface area contributed by atoms with E-state index in [9.17, 15) is 13.2 Å². The first-order chi connectivity index (χ1) is 7.95. The maximum Gasteiger partial charge on any atom is 0.421 e. The molecule has 1 unspecified atom stereocenters. The molecule has 1 atom stereocenters. The Balaban J connectivity index is 2.49. The van der Waals surface area contributed by atoms with Crippen LogP contribution in [0.1, 0.15) is 19.3 Å². The van der Waals surface area contributed by atoms with Crippen molar-refractivity contribution in [1.82, 2.24) is 14.3 Å². The number of carbonyl (C=O) groups excluding carboxylic acids is 1. The average Bonchev–Trinajstić information content (AvgIpc) is 2.29. The van der Waals surface area contributed by atoms with Crippen LogP contribution in [0.5, 0.6) is 0 Å². The summed E-state index contributed by atoms with van der Waals surface area (Å²) in [4.78, 5) is 10.9. The normalized spacial score (nSPS) is 21.2. The van der Waals surface area contributed by atoms with Gasteiger partial charge >= 0.3 is 16.3 Å². The van der Waals surface area contributed by atoms with E-state index in [0.717, 1.165) is 37.2 Å². The fourth-order valence-corrected chi connectivity index (χ4v) is 2.54. The van der Waals surface area contributed by atoms with Crippen LogP contribution in [0, 0.1) is 0 Å². The summed E-state index contributed by atoms with van der Waals surface area (Å²) in [5.74, 6) is 0. The van der Waals surface area contributed by atoms with Gasteiger partial charge in [-0.05, 0) is 19.4 Å². The molecule has 1 rings (SSSR count). The standard InChI is InChI=1S/C9H19N3O4S/c1-12(7-8-5-3-4-6-10-8)17(14,15)11-9(13)16-2/h8,10H,3-7H2,1-2H3,(H,11,13). The molecule has 1 amide bonds. The van der Waals surface area contributed by atoms with Crippen LogP contribution in [-0.2, 0) is 14.9 Å². The van der Waals surface area contributed by atoms with Gasteiger partial charge in [0.2, 0.25) is 0 Å². The Bertz CT molecular complexity index is 351. The zero-order valence-electron chi connectivity index (χ0n) is 10.1. The fourth-order valence-electron chi connectivity index (χ4n) is 1.71. The van der Waals surface area contributed by atoms with Crippen molar-refractivity contribution in [2.75, 3.05) is 27.2 Å². The van der Waals surface area contributed by atoms with Crippen molar-refractivity contribution in [3.8, 4) is 0 Å². The van der Waals surface area contributed by atoms with Gasteiger partial charge in [-0.2, -0.15) is 12.7 Å². The van der Waals surface area contributed by atoms with Gasteiger partial charge in [0.1, 0.15) is 0 Å². The van der Waals surface area contributed by atoms with Crippen LogP contribution >= 0.6 is 0 Å². The zero-order valence-corrected chi connectivity index (χ0v) is 10.9. The van der Waals surface area contributed by atoms with Crippen molar-refractivity contribution >= 4 is 16.3 Å². The summed E-state index contributed by atoms with van der Waals surface area (Å²) < 4.78 is 30.5. The molecule has 1 aliphatic rings. The van der Waals surface area contributed by atoms with E-state index in [1.807, 2.05) is 0 Å². The molecule has 0 aromatic heterocycles. The first-order valence-corrected chi connectivity index (χ1v) is 6.95. The molecule has 0 bridgehead atoms. The first-order valence-electron chi connectivity index (χ1n) is 5.51. The highest BCUT2D eigenvalue weighted by Gasteiger charge is 2.24. The van der Waals surface area contributed by atoms with Gasteiger partial charge in [-0.3, -0.25) is 0 Å². The Morgan fingerprint density at radius 2 is 2.24 bits per heavy atom. The van der Waals surface area contributed by atoms with Crippen LogP contribution in [0.4, 0.5) is 4.79 Å². The van der Waals surface area contributed by atoms with E-state index >= 15 is 0 Å². The highest BCUT2D eigenvalue weighted by atomic mass is 32.2. The van der Waals surface area contributed by atoms with Gasteiger partial charge in [0, 0.05) is 19.6 Å². The van der Waals surface area contributed by atoms with E-state index < -0.39 is 16.3 Å². The van der Waals surface area contributed by atoms with Gasteiger partial charge in [0.25, 0.3) is 0 Å². The lowest BCUT2D eigenvalue weighted by Crippen LogP contribution is -2.48. The summed E-state index contributed by atoms with van der Waals surface area (Å²) in [5, 5.41) is 3.24. The molecule has 0 spiro atoms. The minimum Gasteiger partial charge on any atom is -0.452 e. The van der Waals surface area contributed by atoms with Gasteiger partial charge in [0.05, 0.1) is 7.11 Å². The first kappa shape index (κ1) is 14.2. The third-order valence-corrected chi connectivity index (χ3v) is 4.09. The van der Waals surface area contributed by atoms with Crippen LogP contribution in [0.25, 0.3) is 0 Å². The predicted molar refractivity (Wildman–Crippen MR) is 62.7 cm³/mol. The minimum absolute atomic E-state index is 0.142. The molecule has 0 radical (unpaired) electrons. The molecular formula is C9H19N3O4S. The average molecular weight is 265 g/mol. The molecule has 8 heteroatoms. The van der Waals surface area contributed by atoms with Crippen LogP contribution < -0.4 is 10.0 Å². The summed E-state index contributed by atoms with van der Waals surface area (Å²) >= 11 is 0. The summed E-state index contributed by atoms with van der Waals surface area (Å²) in [7, 11) is -1.25. The summed E-state index contributed by atoms with van der Waals surface area (Å²) in [6.45, 7) is 1.25. The summed E-state index contributed by atoms with van der Waals surface area (Å²) in [5.41, 5.74) is 0. The number of nitrogens with zero attached hydrogens (tertiary/aromatic N) is 1. The zero-order chi connectivity index (χ0) is 12.9. The Morgan fingerprint density at radius 1 is 1.53 bits per heavy atom. The lowest BCUT2D eigenvalue weighted by Gasteiger charge is -2.27. The van der Waals surface area contributed by atoms with Crippen molar-refractivity contribution in [1.29, 1.82) is 0 Å². The van der Waals surface area contributed by atoms with Gasteiger partial charge < -0.3 is 10.1 Å². The van der Waals surface area contributed by atoms with Crippen molar-refractivity contribution in [2.24, 2.45) is 0 Å². The number of amides is 1. The van der Waals surface area contributed by atoms with Crippen LogP contribution in [0.3, 0.4) is 0 Å². The fraction of sp³-hybridized carbons (Fsp3) is 0.889. The molecule has 0 aliphatic carbocycles. The number of likely N-dealkylation sites (N-methyl/N-ethyl adjacent to an activating group) is 1. The molecule has 1 aliphatic heterocycles. The van der Waals surface area contributed by atoms with Crippen molar-refractivity contribution in [3.05, 3.63) is 0 Å². The van der Waals surface area contributed by atoms with E-state index in [-0.39, 0.29) is 6.04 Å². The monoisotopic (exact) mass is 265 g/mol. The molecule has 17 heavy (non-hydrogen) atoms. The smallest absolute Gasteiger partial charge is 0.421 e. The Kier molecular flexibility index (Phi) is 5.16. The highest BCUT2D eigenvalue weighted by molar-refractivity contribution is 7.87. The molecule has 100 valence electrons. The van der Waals surface area contributed by atoms with Gasteiger partial charge in [-0.25, -0.2) is 9.52 Å². The van der Waals surface area contributed by atoms with Crippen molar-refractivity contribution in [3.63, 3.8) is 0 Å². The third-order valence-electron chi connectivity index (χ3n) is 2.70. The molecule has 0 aromatic rings. The van der Waals surface area contributed by atoms with Crippen LogP contribution in [0.15, 0.2) is 0 Å². The highest BCUT2D eigenvalue weighted by Crippen LogP contribution is 2.09. The quantitative estimate of drug-likeness (QED) is 0.726. The van der Waals surface area contributed by atoms with Crippen molar-refractivity contribution < 1.29 is 17.9 Å². The Morgan fingerprint density at radius 3 is 2.76 bits per heavy atom. The molecule has 7 nitrogen and oxygen atoms in total. The maximum absolute atomic E-state index is 11.7. The molecular weight excluding hydrogens is 246 g/mol. The van der Waals surface area contributed by atoms with E-state index in [1.165, 1.54) is 7.05 Å². The minimum atomic E-state index is -3.80. The van der Waals surface area contributed by atoms with Gasteiger partial charge in [-0.1, -0.05) is 6.42 Å². The molecule has 1 heterocycles. The summed E-state index contributed by atoms with van der Waals surface area (Å²) in [6.07, 6.45) is 2.18. The maximum atomic E-state index is 11.7. The Labute approximate surface area is 102 Å². The molecule has 1 saturated heterocycles. The SMILES string of the molecule is COC(=O)NS(=O)(=O)N(C)CC1CCCCN1. The van der Waals surface area contributed by atoms with Crippen molar-refractivity contribution in [2.45, 2.75) is 25.3 Å². The van der Waals surface area contributed by atoms with E-state index in [1.54, 1.807) is 4.72 Å². The second-order valence-electron chi connectivity index (χ2n) is 4.03. The number of nitrogens with one attached hydrogen (secondary N) is 2. The third kappa shape index (κ3) is 4.49. The Hall–Kier alpha value is -0.860. The second-order valence-corrected chi connectivity index (χ2v) is 5.80. The number of hydrogen-bond acceptors (Lipinski definition) is 5.